The Balaban J connectivity index is 0.00000180. The Labute approximate surface area is 126 Å². The molecule has 1 aromatic heterocycles. The van der Waals surface area contributed by atoms with Gasteiger partial charge >= 0.3 is 21.1 Å². The molecule has 0 unspecified atom stereocenters. The van der Waals surface area contributed by atoms with Gasteiger partial charge in [0.15, 0.2) is 0 Å². The number of aromatic nitrogens is 2. The van der Waals surface area contributed by atoms with Crippen molar-refractivity contribution in [3.63, 3.8) is 0 Å². The van der Waals surface area contributed by atoms with E-state index < -0.39 is 0 Å². The third-order valence-electron chi connectivity index (χ3n) is 2.78. The quantitative estimate of drug-likeness (QED) is 0.729. The zero-order chi connectivity index (χ0) is 13.1. The summed E-state index contributed by atoms with van der Waals surface area (Å²) in [6.45, 7) is 2.02. The van der Waals surface area contributed by atoms with Crippen LogP contribution in [0.4, 0.5) is 11.8 Å². The van der Waals surface area contributed by atoms with Gasteiger partial charge < -0.3 is 16.2 Å². The largest absolute Gasteiger partial charge is 2.00 e. The molecule has 0 amide bonds. The summed E-state index contributed by atoms with van der Waals surface area (Å²) in [4.78, 5) is 7.89. The molecule has 0 bridgehead atoms. The second-order valence-corrected chi connectivity index (χ2v) is 4.05. The molecule has 5 nitrogen and oxygen atoms in total. The second-order valence-electron chi connectivity index (χ2n) is 4.05. The molecule has 6 heteroatoms. The van der Waals surface area contributed by atoms with Crippen molar-refractivity contribution in [3.8, 4) is 5.75 Å². The van der Waals surface area contributed by atoms with Crippen molar-refractivity contribution >= 4 is 11.8 Å². The maximum Gasteiger partial charge on any atom is 2.00 e. The molecule has 1 heterocycles. The number of aryl methyl sites for hydroxylation is 1. The van der Waals surface area contributed by atoms with Crippen LogP contribution >= 0.6 is 0 Å². The Bertz CT molecular complexity index is 575. The monoisotopic (exact) mass is 427 g/mol. The zero-order valence-corrected chi connectivity index (χ0v) is 13.5. The van der Waals surface area contributed by atoms with Gasteiger partial charge in [-0.3, -0.25) is 0 Å². The van der Waals surface area contributed by atoms with E-state index in [1.54, 1.807) is 6.20 Å². The van der Waals surface area contributed by atoms with Gasteiger partial charge in [0.05, 0.1) is 5.75 Å². The Morgan fingerprint density at radius 2 is 2.00 bits per heavy atom. The smallest absolute Gasteiger partial charge is 0.665 e. The van der Waals surface area contributed by atoms with Crippen LogP contribution in [0.1, 0.15) is 16.7 Å². The van der Waals surface area contributed by atoms with Gasteiger partial charge in [-0.25, -0.2) is 4.98 Å². The van der Waals surface area contributed by atoms with Crippen LogP contribution < -0.4 is 16.2 Å². The number of nitrogens with two attached hydrogens (primary N) is 2. The van der Waals surface area contributed by atoms with Crippen LogP contribution in [0.3, 0.4) is 0 Å². The standard InChI is InChI=1S/C13H15N4O.W/c1-8-3-4-11(18-2)6-9(8)5-10-7-16-13(15)17-12(10)14;/h3-4,6-7H,2,5H2,1H3,(H4,14,15,16,17);/q-1;+2. The SMILES string of the molecule is [CH2-]Oc1ccc(C)c(Cc2cnc(N)nc2N)c1.[W+2]. The third-order valence-corrected chi connectivity index (χ3v) is 2.78. The molecule has 2 aromatic rings. The Hall–Kier alpha value is -1.61. The topological polar surface area (TPSA) is 87.0 Å². The van der Waals surface area contributed by atoms with E-state index in [9.17, 15) is 0 Å². The molecule has 0 fully saturated rings. The minimum absolute atomic E-state index is 0. The normalized spacial score (nSPS) is 9.79. The van der Waals surface area contributed by atoms with Gasteiger partial charge in [-0.2, -0.15) is 12.1 Å². The summed E-state index contributed by atoms with van der Waals surface area (Å²) >= 11 is 0. The summed E-state index contributed by atoms with van der Waals surface area (Å²) in [7, 11) is 3.40. The number of nitrogen functional groups attached to an aromatic ring is 2. The summed E-state index contributed by atoms with van der Waals surface area (Å²) in [5.74, 6) is 1.30. The van der Waals surface area contributed by atoms with E-state index >= 15 is 0 Å². The third kappa shape index (κ3) is 3.67. The Morgan fingerprint density at radius 3 is 2.63 bits per heavy atom. The first-order chi connectivity index (χ1) is 8.60. The van der Waals surface area contributed by atoms with Crippen molar-refractivity contribution in [1.29, 1.82) is 0 Å². The predicted molar refractivity (Wildman–Crippen MR) is 70.8 cm³/mol. The molecule has 0 saturated carbocycles. The molecular formula is C13H15N4OW+. The summed E-state index contributed by atoms with van der Waals surface area (Å²) in [6.07, 6.45) is 2.28. The van der Waals surface area contributed by atoms with E-state index in [0.29, 0.717) is 18.0 Å². The molecule has 0 aliphatic heterocycles. The molecule has 0 saturated heterocycles. The first-order valence-electron chi connectivity index (χ1n) is 5.48. The van der Waals surface area contributed by atoms with Crippen LogP contribution in [-0.4, -0.2) is 9.97 Å². The van der Waals surface area contributed by atoms with E-state index in [4.69, 9.17) is 16.2 Å². The molecule has 0 atom stereocenters. The van der Waals surface area contributed by atoms with Crippen molar-refractivity contribution in [2.75, 3.05) is 11.5 Å². The van der Waals surface area contributed by atoms with Crippen molar-refractivity contribution in [2.45, 2.75) is 13.3 Å². The molecule has 0 aliphatic rings. The van der Waals surface area contributed by atoms with Gasteiger partial charge in [-0.05, 0) is 30.2 Å². The van der Waals surface area contributed by atoms with Crippen LogP contribution in [0.2, 0.25) is 0 Å². The van der Waals surface area contributed by atoms with Crippen molar-refractivity contribution in [3.05, 3.63) is 48.2 Å². The van der Waals surface area contributed by atoms with Crippen molar-refractivity contribution in [1.82, 2.24) is 9.97 Å². The number of nitrogens with zero attached hydrogens (tertiary/aromatic N) is 2. The van der Waals surface area contributed by atoms with E-state index in [2.05, 4.69) is 17.1 Å². The molecule has 2 rings (SSSR count). The van der Waals surface area contributed by atoms with Crippen LogP contribution in [0.15, 0.2) is 24.4 Å². The van der Waals surface area contributed by atoms with E-state index in [0.717, 1.165) is 16.7 Å². The first kappa shape index (κ1) is 15.4. The Morgan fingerprint density at radius 1 is 1.26 bits per heavy atom. The Kier molecular flexibility index (Phi) is 5.30. The van der Waals surface area contributed by atoms with Gasteiger partial charge in [0.2, 0.25) is 5.95 Å². The number of hydrogen-bond acceptors (Lipinski definition) is 5. The summed E-state index contributed by atoms with van der Waals surface area (Å²) < 4.78 is 4.96. The van der Waals surface area contributed by atoms with Gasteiger partial charge in [0.25, 0.3) is 0 Å². The molecule has 0 radical (unpaired) electrons. The number of rotatable bonds is 3. The molecule has 0 spiro atoms. The van der Waals surface area contributed by atoms with Crippen molar-refractivity contribution < 1.29 is 25.8 Å². The molecule has 4 N–H and O–H groups in total. The van der Waals surface area contributed by atoms with Crippen LogP contribution in [-0.2, 0) is 27.5 Å². The minimum Gasteiger partial charge on any atom is -0.665 e. The van der Waals surface area contributed by atoms with Crippen LogP contribution in [0, 0.1) is 14.0 Å². The summed E-state index contributed by atoms with van der Waals surface area (Å²) in [6, 6.07) is 5.77. The van der Waals surface area contributed by atoms with Gasteiger partial charge in [-0.15, -0.1) is 0 Å². The molecular weight excluding hydrogens is 412 g/mol. The van der Waals surface area contributed by atoms with E-state index in [-0.39, 0.29) is 27.0 Å². The second kappa shape index (κ2) is 6.52. The maximum atomic E-state index is 5.82. The van der Waals surface area contributed by atoms with Gasteiger partial charge in [0.1, 0.15) is 5.82 Å². The minimum atomic E-state index is 0. The zero-order valence-electron chi connectivity index (χ0n) is 10.6. The van der Waals surface area contributed by atoms with Gasteiger partial charge in [-0.1, -0.05) is 6.07 Å². The summed E-state index contributed by atoms with van der Waals surface area (Å²) in [5, 5.41) is 0. The predicted octanol–water partition coefficient (Wildman–Crippen LogP) is 1.71. The van der Waals surface area contributed by atoms with Crippen LogP contribution in [0.5, 0.6) is 5.75 Å². The number of benzene rings is 1. The summed E-state index contributed by atoms with van der Waals surface area (Å²) in [5.41, 5.74) is 14.4. The van der Waals surface area contributed by atoms with Gasteiger partial charge in [0, 0.05) is 18.2 Å². The fourth-order valence-electron chi connectivity index (χ4n) is 1.70. The first-order valence-corrected chi connectivity index (χ1v) is 5.48. The fourth-order valence-corrected chi connectivity index (χ4v) is 1.70. The molecule has 98 valence electrons. The fraction of sp³-hybridized carbons (Fsp3) is 0.154. The molecule has 1 aromatic carbocycles. The van der Waals surface area contributed by atoms with E-state index in [1.165, 1.54) is 0 Å². The molecule has 0 aliphatic carbocycles. The molecule has 19 heavy (non-hydrogen) atoms. The van der Waals surface area contributed by atoms with Crippen LogP contribution in [0.25, 0.3) is 0 Å². The number of ether oxygens (including phenoxy) is 1. The van der Waals surface area contributed by atoms with Crippen molar-refractivity contribution in [2.24, 2.45) is 0 Å². The maximum absolute atomic E-state index is 5.82. The number of anilines is 2. The number of hydrogen-bond donors (Lipinski definition) is 2. The average Bonchev–Trinajstić information content (AvgIpc) is 2.35. The average molecular weight is 427 g/mol. The van der Waals surface area contributed by atoms with E-state index in [1.807, 2.05) is 25.1 Å².